The SMILES string of the molecule is CNCC1CCCCN1C1COc2cc(O)ccc21. The number of phenols is 1. The Bertz CT molecular complexity index is 448. The first kappa shape index (κ1) is 12.8. The van der Waals surface area contributed by atoms with E-state index in [0.29, 0.717) is 18.7 Å². The molecule has 104 valence electrons. The Morgan fingerprint density at radius 2 is 2.32 bits per heavy atom. The largest absolute Gasteiger partial charge is 0.508 e. The van der Waals surface area contributed by atoms with E-state index in [4.69, 9.17) is 4.74 Å². The maximum absolute atomic E-state index is 9.53. The molecule has 2 atom stereocenters. The molecular weight excluding hydrogens is 240 g/mol. The molecular formula is C15H22N2O2. The molecule has 4 heteroatoms. The van der Waals surface area contributed by atoms with Crippen LogP contribution in [-0.2, 0) is 0 Å². The summed E-state index contributed by atoms with van der Waals surface area (Å²) >= 11 is 0. The van der Waals surface area contributed by atoms with E-state index < -0.39 is 0 Å². The lowest BCUT2D eigenvalue weighted by atomic mass is 9.97. The van der Waals surface area contributed by atoms with Gasteiger partial charge < -0.3 is 15.2 Å². The van der Waals surface area contributed by atoms with Gasteiger partial charge in [-0.15, -0.1) is 0 Å². The third-order valence-electron chi connectivity index (χ3n) is 4.27. The van der Waals surface area contributed by atoms with E-state index >= 15 is 0 Å². The van der Waals surface area contributed by atoms with Crippen molar-refractivity contribution in [2.24, 2.45) is 0 Å². The van der Waals surface area contributed by atoms with E-state index in [-0.39, 0.29) is 5.75 Å². The highest BCUT2D eigenvalue weighted by Gasteiger charge is 2.34. The summed E-state index contributed by atoms with van der Waals surface area (Å²) in [5, 5.41) is 12.8. The summed E-state index contributed by atoms with van der Waals surface area (Å²) in [6.07, 6.45) is 3.84. The van der Waals surface area contributed by atoms with Crippen LogP contribution in [0.2, 0.25) is 0 Å². The van der Waals surface area contributed by atoms with Crippen LogP contribution in [0.5, 0.6) is 11.5 Å². The number of nitrogens with one attached hydrogen (secondary N) is 1. The van der Waals surface area contributed by atoms with Gasteiger partial charge in [0.25, 0.3) is 0 Å². The summed E-state index contributed by atoms with van der Waals surface area (Å²) in [7, 11) is 2.02. The third-order valence-corrected chi connectivity index (χ3v) is 4.27. The molecule has 1 aromatic carbocycles. The number of hydrogen-bond acceptors (Lipinski definition) is 4. The minimum absolute atomic E-state index is 0.282. The summed E-state index contributed by atoms with van der Waals surface area (Å²) in [5.74, 6) is 1.13. The lowest BCUT2D eigenvalue weighted by Gasteiger charge is -2.39. The van der Waals surface area contributed by atoms with E-state index in [1.807, 2.05) is 13.1 Å². The average molecular weight is 262 g/mol. The topological polar surface area (TPSA) is 44.7 Å². The Labute approximate surface area is 114 Å². The molecule has 2 aliphatic rings. The second-order valence-electron chi connectivity index (χ2n) is 5.49. The number of aromatic hydroxyl groups is 1. The number of ether oxygens (including phenoxy) is 1. The van der Waals surface area contributed by atoms with Crippen molar-refractivity contribution in [2.45, 2.75) is 31.3 Å². The van der Waals surface area contributed by atoms with Crippen molar-refractivity contribution >= 4 is 0 Å². The van der Waals surface area contributed by atoms with Crippen molar-refractivity contribution in [1.29, 1.82) is 0 Å². The Morgan fingerprint density at radius 3 is 3.16 bits per heavy atom. The molecule has 0 amide bonds. The molecule has 0 aliphatic carbocycles. The van der Waals surface area contributed by atoms with Gasteiger partial charge in [-0.05, 0) is 38.6 Å². The number of fused-ring (bicyclic) bond motifs is 1. The molecule has 1 saturated heterocycles. The fourth-order valence-corrected chi connectivity index (χ4v) is 3.34. The number of phenolic OH excluding ortho intramolecular Hbond substituents is 1. The van der Waals surface area contributed by atoms with Crippen LogP contribution in [0.3, 0.4) is 0 Å². The minimum Gasteiger partial charge on any atom is -0.508 e. The summed E-state index contributed by atoms with van der Waals surface area (Å²) in [6.45, 7) is 2.88. The van der Waals surface area contributed by atoms with Gasteiger partial charge in [0.1, 0.15) is 18.1 Å². The van der Waals surface area contributed by atoms with Crippen molar-refractivity contribution in [3.63, 3.8) is 0 Å². The molecule has 0 spiro atoms. The number of likely N-dealkylation sites (N-methyl/N-ethyl adjacent to an activating group) is 1. The van der Waals surface area contributed by atoms with Crippen molar-refractivity contribution in [3.05, 3.63) is 23.8 Å². The first-order valence-electron chi connectivity index (χ1n) is 7.15. The number of rotatable bonds is 3. The maximum Gasteiger partial charge on any atom is 0.127 e. The Balaban J connectivity index is 1.83. The first-order valence-corrected chi connectivity index (χ1v) is 7.15. The van der Waals surface area contributed by atoms with Gasteiger partial charge in [-0.3, -0.25) is 4.90 Å². The van der Waals surface area contributed by atoms with E-state index in [1.54, 1.807) is 12.1 Å². The second kappa shape index (κ2) is 5.39. The van der Waals surface area contributed by atoms with Crippen molar-refractivity contribution in [3.8, 4) is 11.5 Å². The van der Waals surface area contributed by atoms with Crippen molar-refractivity contribution in [2.75, 3.05) is 26.7 Å². The zero-order chi connectivity index (χ0) is 13.2. The standard InChI is InChI=1S/C15H22N2O2/c1-16-9-11-4-2-3-7-17(11)14-10-19-15-8-12(18)5-6-13(14)15/h5-6,8,11,14,16,18H,2-4,7,9-10H2,1H3. The minimum atomic E-state index is 0.282. The van der Waals surface area contributed by atoms with Crippen LogP contribution in [0.1, 0.15) is 30.9 Å². The average Bonchev–Trinajstić information content (AvgIpc) is 2.82. The fourth-order valence-electron chi connectivity index (χ4n) is 3.34. The normalized spacial score (nSPS) is 27.0. The van der Waals surface area contributed by atoms with Crippen LogP contribution in [0.25, 0.3) is 0 Å². The molecule has 2 N–H and O–H groups in total. The van der Waals surface area contributed by atoms with Crippen LogP contribution >= 0.6 is 0 Å². The van der Waals surface area contributed by atoms with Crippen LogP contribution in [0, 0.1) is 0 Å². The monoisotopic (exact) mass is 262 g/mol. The van der Waals surface area contributed by atoms with Gasteiger partial charge >= 0.3 is 0 Å². The molecule has 4 nitrogen and oxygen atoms in total. The van der Waals surface area contributed by atoms with E-state index in [9.17, 15) is 5.11 Å². The summed E-state index contributed by atoms with van der Waals surface area (Å²) in [6, 6.07) is 6.43. The molecule has 0 bridgehead atoms. The van der Waals surface area contributed by atoms with Gasteiger partial charge in [0.2, 0.25) is 0 Å². The van der Waals surface area contributed by atoms with Crippen LogP contribution in [0.15, 0.2) is 18.2 Å². The predicted octanol–water partition coefficient (Wildman–Crippen LogP) is 1.90. The predicted molar refractivity (Wildman–Crippen MR) is 74.6 cm³/mol. The molecule has 0 aromatic heterocycles. The molecule has 2 aliphatic heterocycles. The lowest BCUT2D eigenvalue weighted by molar-refractivity contribution is 0.0804. The molecule has 2 heterocycles. The molecule has 2 unspecified atom stereocenters. The molecule has 1 aromatic rings. The van der Waals surface area contributed by atoms with Gasteiger partial charge in [0.15, 0.2) is 0 Å². The number of benzene rings is 1. The van der Waals surface area contributed by atoms with E-state index in [0.717, 1.165) is 18.8 Å². The fraction of sp³-hybridized carbons (Fsp3) is 0.600. The maximum atomic E-state index is 9.53. The Morgan fingerprint density at radius 1 is 1.42 bits per heavy atom. The first-order chi connectivity index (χ1) is 9.29. The van der Waals surface area contributed by atoms with E-state index in [1.165, 1.54) is 24.8 Å². The van der Waals surface area contributed by atoms with Crippen LogP contribution in [-0.4, -0.2) is 42.8 Å². The molecule has 3 rings (SSSR count). The molecule has 1 fully saturated rings. The Hall–Kier alpha value is -1.26. The van der Waals surface area contributed by atoms with Gasteiger partial charge in [-0.1, -0.05) is 6.42 Å². The highest BCUT2D eigenvalue weighted by atomic mass is 16.5. The number of nitrogens with zero attached hydrogens (tertiary/aromatic N) is 1. The smallest absolute Gasteiger partial charge is 0.127 e. The van der Waals surface area contributed by atoms with Crippen LogP contribution < -0.4 is 10.1 Å². The second-order valence-corrected chi connectivity index (χ2v) is 5.49. The summed E-state index contributed by atoms with van der Waals surface area (Å²) in [4.78, 5) is 2.57. The number of hydrogen-bond donors (Lipinski definition) is 2. The molecule has 0 radical (unpaired) electrons. The van der Waals surface area contributed by atoms with Gasteiger partial charge in [-0.25, -0.2) is 0 Å². The van der Waals surface area contributed by atoms with Crippen molar-refractivity contribution < 1.29 is 9.84 Å². The van der Waals surface area contributed by atoms with Gasteiger partial charge in [0, 0.05) is 24.2 Å². The summed E-state index contributed by atoms with van der Waals surface area (Å²) < 4.78 is 5.75. The quantitative estimate of drug-likeness (QED) is 0.873. The Kier molecular flexibility index (Phi) is 3.62. The summed E-state index contributed by atoms with van der Waals surface area (Å²) in [5.41, 5.74) is 1.22. The van der Waals surface area contributed by atoms with Crippen LogP contribution in [0.4, 0.5) is 0 Å². The van der Waals surface area contributed by atoms with Gasteiger partial charge in [0.05, 0.1) is 6.04 Å². The number of likely N-dealkylation sites (tertiary alicyclic amines) is 1. The molecule has 19 heavy (non-hydrogen) atoms. The van der Waals surface area contributed by atoms with Gasteiger partial charge in [-0.2, -0.15) is 0 Å². The highest BCUT2D eigenvalue weighted by molar-refractivity contribution is 5.44. The third kappa shape index (κ3) is 2.42. The number of piperidine rings is 1. The zero-order valence-corrected chi connectivity index (χ0v) is 11.4. The lowest BCUT2D eigenvalue weighted by Crippen LogP contribution is -2.47. The van der Waals surface area contributed by atoms with Crippen molar-refractivity contribution in [1.82, 2.24) is 10.2 Å². The van der Waals surface area contributed by atoms with E-state index in [2.05, 4.69) is 10.2 Å². The molecule has 0 saturated carbocycles. The zero-order valence-electron chi connectivity index (χ0n) is 11.4. The highest BCUT2D eigenvalue weighted by Crippen LogP contribution is 2.40.